The van der Waals surface area contributed by atoms with Gasteiger partial charge in [0.1, 0.15) is 0 Å². The van der Waals surface area contributed by atoms with Gasteiger partial charge in [-0.2, -0.15) is 0 Å². The van der Waals surface area contributed by atoms with Gasteiger partial charge in [-0.15, -0.1) is 0 Å². The summed E-state index contributed by atoms with van der Waals surface area (Å²) < 4.78 is 0. The van der Waals surface area contributed by atoms with E-state index >= 15 is 0 Å². The van der Waals surface area contributed by atoms with Gasteiger partial charge in [0, 0.05) is 16.5 Å². The lowest BCUT2D eigenvalue weighted by Crippen LogP contribution is -1.96. The van der Waals surface area contributed by atoms with Crippen LogP contribution in [0.1, 0.15) is 50.9 Å². The lowest BCUT2D eigenvalue weighted by molar-refractivity contribution is 0.626. The molecule has 2 aromatic carbocycles. The number of para-hydroxylation sites is 1. The Bertz CT molecular complexity index is 1090. The highest BCUT2D eigenvalue weighted by Crippen LogP contribution is 2.30. The average Bonchev–Trinajstić information content (AvgIpc) is 3.07. The molecule has 2 aromatic heterocycles. The summed E-state index contributed by atoms with van der Waals surface area (Å²) in [6.45, 7) is 10.8. The van der Waals surface area contributed by atoms with E-state index in [0.29, 0.717) is 0 Å². The van der Waals surface area contributed by atoms with Gasteiger partial charge in [0.05, 0.1) is 16.7 Å². The molecule has 0 unspecified atom stereocenters. The van der Waals surface area contributed by atoms with Crippen LogP contribution in [0.25, 0.3) is 27.5 Å². The van der Waals surface area contributed by atoms with E-state index in [1.165, 1.54) is 28.5 Å². The molecule has 0 amide bonds. The highest BCUT2D eigenvalue weighted by atomic mass is 14.8. The quantitative estimate of drug-likeness (QED) is 0.397. The van der Waals surface area contributed by atoms with Gasteiger partial charge in [-0.05, 0) is 43.0 Å². The van der Waals surface area contributed by atoms with E-state index < -0.39 is 0 Å². The molecule has 0 aliphatic carbocycles. The van der Waals surface area contributed by atoms with Crippen LogP contribution in [0.3, 0.4) is 0 Å². The minimum Gasteiger partial charge on any atom is -0.353 e. The van der Waals surface area contributed by atoms with E-state index in [1.54, 1.807) is 0 Å². The number of H-pyrrole nitrogens is 1. The molecule has 2 heteroatoms. The number of hydrogen-bond acceptors (Lipinski definition) is 1. The van der Waals surface area contributed by atoms with Crippen molar-refractivity contribution in [2.24, 2.45) is 5.92 Å². The maximum absolute atomic E-state index is 5.01. The number of fused-ring (bicyclic) bond motifs is 3. The topological polar surface area (TPSA) is 28.7 Å². The van der Waals surface area contributed by atoms with Gasteiger partial charge in [0.15, 0.2) is 0 Å². The zero-order chi connectivity index (χ0) is 20.1. The third-order valence-corrected chi connectivity index (χ3v) is 5.11. The van der Waals surface area contributed by atoms with Crippen LogP contribution in [0.4, 0.5) is 0 Å². The number of hydrogen-bond donors (Lipinski definition) is 1. The Balaban J connectivity index is 0.000000403. The first-order valence-electron chi connectivity index (χ1n) is 10.1. The monoisotopic (exact) mass is 370 g/mol. The summed E-state index contributed by atoms with van der Waals surface area (Å²) in [6, 6.07) is 21.0. The van der Waals surface area contributed by atoms with Gasteiger partial charge in [0.25, 0.3) is 0 Å². The molecule has 4 rings (SSSR count). The highest BCUT2D eigenvalue weighted by Gasteiger charge is 2.13. The van der Waals surface area contributed by atoms with Gasteiger partial charge >= 0.3 is 0 Å². The Morgan fingerprint density at radius 2 is 1.64 bits per heavy atom. The van der Waals surface area contributed by atoms with Crippen LogP contribution in [0.2, 0.25) is 0 Å². The number of aryl methyl sites for hydroxylation is 1. The van der Waals surface area contributed by atoms with Gasteiger partial charge in [-0.3, -0.25) is 0 Å². The Kier molecular flexibility index (Phi) is 6.30. The number of nitrogens with zero attached hydrogens (tertiary/aromatic N) is 1. The standard InChI is InChI=1S/C21H18N2.C5H12/c1-3-16(15-9-5-4-6-10-15)20-14(2)13-19-21(23-20)17-11-7-8-12-18(17)22-19;1-4-5(2)3/h3-13,22H,1-2H3;5H,4H2,1-3H3/b16-3-;. The number of pyridine rings is 1. The molecule has 4 aromatic rings. The predicted octanol–water partition coefficient (Wildman–Crippen LogP) is 7.53. The Hall–Kier alpha value is -2.87. The summed E-state index contributed by atoms with van der Waals surface area (Å²) in [4.78, 5) is 8.47. The smallest absolute Gasteiger partial charge is 0.0965 e. The molecule has 0 spiro atoms. The van der Waals surface area contributed by atoms with Gasteiger partial charge < -0.3 is 4.98 Å². The molecule has 0 fully saturated rings. The van der Waals surface area contributed by atoms with Crippen molar-refractivity contribution < 1.29 is 0 Å². The molecule has 0 aliphatic heterocycles. The fraction of sp³-hybridized carbons (Fsp3) is 0.269. The second-order valence-electron chi connectivity index (χ2n) is 7.59. The Morgan fingerprint density at radius 3 is 2.29 bits per heavy atom. The van der Waals surface area contributed by atoms with Crippen LogP contribution >= 0.6 is 0 Å². The summed E-state index contributed by atoms with van der Waals surface area (Å²) >= 11 is 0. The van der Waals surface area contributed by atoms with Crippen molar-refractivity contribution in [2.75, 3.05) is 0 Å². The molecule has 2 heterocycles. The SMILES string of the molecule is C/C=C(/c1ccccc1)c1nc2c(cc1C)[nH]c1ccccc12.CCC(C)C. The Morgan fingerprint density at radius 1 is 1.00 bits per heavy atom. The highest BCUT2D eigenvalue weighted by molar-refractivity contribution is 6.05. The summed E-state index contributed by atoms with van der Waals surface area (Å²) in [5, 5.41) is 1.17. The van der Waals surface area contributed by atoms with E-state index in [2.05, 4.69) is 94.2 Å². The number of nitrogens with one attached hydrogen (secondary N) is 1. The van der Waals surface area contributed by atoms with Crippen LogP contribution in [0.15, 0.2) is 66.7 Å². The number of rotatable bonds is 3. The summed E-state index contributed by atoms with van der Waals surface area (Å²) in [6.07, 6.45) is 3.45. The van der Waals surface area contributed by atoms with Gasteiger partial charge in [-0.25, -0.2) is 4.98 Å². The van der Waals surface area contributed by atoms with Crippen LogP contribution in [-0.4, -0.2) is 9.97 Å². The zero-order valence-corrected chi connectivity index (χ0v) is 17.6. The lowest BCUT2D eigenvalue weighted by atomic mass is 9.98. The molecule has 2 nitrogen and oxygen atoms in total. The summed E-state index contributed by atoms with van der Waals surface area (Å²) in [5.41, 5.74) is 7.87. The van der Waals surface area contributed by atoms with Crippen molar-refractivity contribution in [3.8, 4) is 0 Å². The average molecular weight is 371 g/mol. The summed E-state index contributed by atoms with van der Waals surface area (Å²) in [5.74, 6) is 0.884. The second kappa shape index (κ2) is 8.88. The first-order valence-corrected chi connectivity index (χ1v) is 10.1. The maximum Gasteiger partial charge on any atom is 0.0965 e. The number of aromatic nitrogens is 2. The van der Waals surface area contributed by atoms with Crippen molar-refractivity contribution in [1.29, 1.82) is 0 Å². The van der Waals surface area contributed by atoms with Crippen LogP contribution in [-0.2, 0) is 0 Å². The maximum atomic E-state index is 5.01. The minimum atomic E-state index is 0.884. The van der Waals surface area contributed by atoms with E-state index in [1.807, 2.05) is 12.1 Å². The van der Waals surface area contributed by atoms with Crippen molar-refractivity contribution in [1.82, 2.24) is 9.97 Å². The molecule has 0 radical (unpaired) electrons. The molecule has 0 saturated heterocycles. The van der Waals surface area contributed by atoms with Crippen LogP contribution in [0.5, 0.6) is 0 Å². The number of aromatic amines is 1. The molecule has 0 bridgehead atoms. The van der Waals surface area contributed by atoms with Crippen molar-refractivity contribution in [2.45, 2.75) is 41.0 Å². The molecule has 1 N–H and O–H groups in total. The fourth-order valence-electron chi connectivity index (χ4n) is 3.19. The lowest BCUT2D eigenvalue weighted by Gasteiger charge is -2.10. The van der Waals surface area contributed by atoms with Crippen molar-refractivity contribution in [3.05, 3.63) is 83.6 Å². The van der Waals surface area contributed by atoms with Crippen molar-refractivity contribution >= 4 is 27.5 Å². The first kappa shape index (κ1) is 19.9. The van der Waals surface area contributed by atoms with E-state index in [9.17, 15) is 0 Å². The zero-order valence-electron chi connectivity index (χ0n) is 17.6. The molecule has 28 heavy (non-hydrogen) atoms. The minimum absolute atomic E-state index is 0.884. The Labute approximate surface area is 168 Å². The van der Waals surface area contributed by atoms with E-state index in [4.69, 9.17) is 4.98 Å². The largest absolute Gasteiger partial charge is 0.353 e. The molecular weight excluding hydrogens is 340 g/mol. The van der Waals surface area contributed by atoms with Gasteiger partial charge in [0.2, 0.25) is 0 Å². The summed E-state index contributed by atoms with van der Waals surface area (Å²) in [7, 11) is 0. The second-order valence-corrected chi connectivity index (χ2v) is 7.59. The molecular formula is C26H30N2. The fourth-order valence-corrected chi connectivity index (χ4v) is 3.19. The van der Waals surface area contributed by atoms with E-state index in [0.717, 1.165) is 28.2 Å². The number of allylic oxidation sites excluding steroid dienone is 1. The molecule has 0 aliphatic rings. The normalized spacial score (nSPS) is 11.7. The van der Waals surface area contributed by atoms with E-state index in [-0.39, 0.29) is 0 Å². The molecule has 144 valence electrons. The van der Waals surface area contributed by atoms with Crippen molar-refractivity contribution in [3.63, 3.8) is 0 Å². The third-order valence-electron chi connectivity index (χ3n) is 5.11. The van der Waals surface area contributed by atoms with Crippen LogP contribution < -0.4 is 0 Å². The first-order chi connectivity index (χ1) is 13.5. The molecule has 0 atom stereocenters. The third kappa shape index (κ3) is 4.17. The van der Waals surface area contributed by atoms with Crippen LogP contribution in [0, 0.1) is 12.8 Å². The number of benzene rings is 2. The van der Waals surface area contributed by atoms with Gasteiger partial charge in [-0.1, -0.05) is 81.8 Å². The molecule has 0 saturated carbocycles. The predicted molar refractivity (Wildman–Crippen MR) is 123 cm³/mol.